The number of amides is 4. The minimum Gasteiger partial charge on any atom is -0.500 e. The maximum atomic E-state index is 13.0. The van der Waals surface area contributed by atoms with Crippen LogP contribution in [0.25, 0.3) is 6.08 Å². The molecule has 0 bridgehead atoms. The number of urea groups is 1. The summed E-state index contributed by atoms with van der Waals surface area (Å²) in [7, 11) is 1.11. The number of aromatic hydroxyl groups is 1. The first kappa shape index (κ1) is 22.3. The molecule has 2 aromatic rings. The maximum absolute atomic E-state index is 13.0. The van der Waals surface area contributed by atoms with E-state index in [0.29, 0.717) is 11.0 Å². The van der Waals surface area contributed by atoms with Crippen LogP contribution >= 0.6 is 0 Å². The number of imide groups is 2. The van der Waals surface area contributed by atoms with E-state index >= 15 is 0 Å². The number of benzene rings is 2. The summed E-state index contributed by atoms with van der Waals surface area (Å²) in [6, 6.07) is 3.99. The Morgan fingerprint density at radius 1 is 1.19 bits per heavy atom. The Bertz CT molecular complexity index is 1190. The Kier molecular flexibility index (Phi) is 5.58. The van der Waals surface area contributed by atoms with Crippen molar-refractivity contribution in [3.05, 3.63) is 63.2 Å². The van der Waals surface area contributed by atoms with Crippen molar-refractivity contribution in [1.29, 1.82) is 0 Å². The highest BCUT2D eigenvalue weighted by Gasteiger charge is 2.38. The van der Waals surface area contributed by atoms with Crippen LogP contribution in [0.1, 0.15) is 11.1 Å². The molecule has 1 saturated heterocycles. The molecule has 10 nitrogen and oxygen atoms in total. The van der Waals surface area contributed by atoms with Crippen LogP contribution in [0.5, 0.6) is 11.5 Å². The number of nitrogens with one attached hydrogen (secondary N) is 1. The van der Waals surface area contributed by atoms with Crippen molar-refractivity contribution >= 4 is 35.3 Å². The van der Waals surface area contributed by atoms with Gasteiger partial charge in [-0.15, -0.1) is 0 Å². The fourth-order valence-electron chi connectivity index (χ4n) is 2.87. The molecule has 3 rings (SSSR count). The van der Waals surface area contributed by atoms with Gasteiger partial charge in [0.2, 0.25) is 5.75 Å². The Balaban J connectivity index is 2.09. The number of phenolic OH excluding ortho intramolecular Hbond substituents is 1. The predicted octanol–water partition coefficient (Wildman–Crippen LogP) is 2.99. The highest BCUT2D eigenvalue weighted by Crippen LogP contribution is 2.38. The summed E-state index contributed by atoms with van der Waals surface area (Å²) in [6.07, 6.45) is -3.87. The molecular formula is C19H12F3N3O7. The third-order valence-electron chi connectivity index (χ3n) is 4.34. The number of methoxy groups -OCH3 is 1. The van der Waals surface area contributed by atoms with E-state index in [1.807, 2.05) is 5.32 Å². The molecule has 1 heterocycles. The van der Waals surface area contributed by atoms with Crippen molar-refractivity contribution < 1.29 is 42.3 Å². The van der Waals surface area contributed by atoms with Gasteiger partial charge >= 0.3 is 17.9 Å². The Morgan fingerprint density at radius 2 is 1.88 bits per heavy atom. The average Bonchev–Trinajstić information content (AvgIpc) is 2.71. The lowest BCUT2D eigenvalue weighted by atomic mass is 10.0. The highest BCUT2D eigenvalue weighted by atomic mass is 19.4. The molecule has 4 amide bonds. The summed E-state index contributed by atoms with van der Waals surface area (Å²) in [5, 5.41) is 22.8. The van der Waals surface area contributed by atoms with E-state index in [9.17, 15) is 42.8 Å². The summed E-state index contributed by atoms with van der Waals surface area (Å²) in [6.45, 7) is 0. The van der Waals surface area contributed by atoms with E-state index in [1.54, 1.807) is 0 Å². The molecule has 1 fully saturated rings. The van der Waals surface area contributed by atoms with E-state index in [0.717, 1.165) is 43.5 Å². The smallest absolute Gasteiger partial charge is 0.416 e. The average molecular weight is 451 g/mol. The van der Waals surface area contributed by atoms with Crippen LogP contribution in [0.2, 0.25) is 0 Å². The molecule has 2 aromatic carbocycles. The van der Waals surface area contributed by atoms with Gasteiger partial charge < -0.3 is 9.84 Å². The quantitative estimate of drug-likeness (QED) is 0.315. The van der Waals surface area contributed by atoms with Gasteiger partial charge in [0, 0.05) is 6.07 Å². The first-order chi connectivity index (χ1) is 14.9. The number of nitro benzene ring substituents is 1. The maximum Gasteiger partial charge on any atom is 0.416 e. The number of halogens is 3. The molecule has 0 radical (unpaired) electrons. The normalized spacial score (nSPS) is 15.7. The van der Waals surface area contributed by atoms with Gasteiger partial charge in [-0.1, -0.05) is 6.07 Å². The van der Waals surface area contributed by atoms with Gasteiger partial charge in [-0.05, 0) is 35.9 Å². The molecule has 0 aromatic heterocycles. The van der Waals surface area contributed by atoms with E-state index in [2.05, 4.69) is 0 Å². The largest absolute Gasteiger partial charge is 0.500 e. The summed E-state index contributed by atoms with van der Waals surface area (Å²) in [5.74, 6) is -3.55. The molecular weight excluding hydrogens is 439 g/mol. The summed E-state index contributed by atoms with van der Waals surface area (Å²) in [4.78, 5) is 47.8. The van der Waals surface area contributed by atoms with Crippen LogP contribution in [-0.4, -0.2) is 35.0 Å². The third-order valence-corrected chi connectivity index (χ3v) is 4.34. The number of phenols is 1. The number of rotatable bonds is 4. The lowest BCUT2D eigenvalue weighted by molar-refractivity contribution is -0.386. The number of carbonyl (C=O) groups is 3. The number of nitro groups is 1. The van der Waals surface area contributed by atoms with Crippen molar-refractivity contribution in [3.63, 3.8) is 0 Å². The number of barbiturate groups is 1. The van der Waals surface area contributed by atoms with Crippen molar-refractivity contribution in [2.75, 3.05) is 12.0 Å². The third kappa shape index (κ3) is 4.08. The monoisotopic (exact) mass is 451 g/mol. The standard InChI is InChI=1S/C19H12F3N3O7/c1-32-14-7-9(6-13(15(14)26)25(30)31)5-12-16(27)23-18(29)24(17(12)28)11-4-2-3-10(8-11)19(20,21)22/h2-8,26H,1H3,(H,23,27,29)/b12-5-. The molecule has 0 saturated carbocycles. The van der Waals surface area contributed by atoms with Crippen LogP contribution in [0.15, 0.2) is 42.0 Å². The fraction of sp³-hybridized carbons (Fsp3) is 0.105. The lowest BCUT2D eigenvalue weighted by Gasteiger charge is -2.26. The Hall–Kier alpha value is -4.42. The van der Waals surface area contributed by atoms with Gasteiger partial charge in [0.05, 0.1) is 23.3 Å². The fourth-order valence-corrected chi connectivity index (χ4v) is 2.87. The first-order valence-electron chi connectivity index (χ1n) is 8.58. The molecule has 32 heavy (non-hydrogen) atoms. The highest BCUT2D eigenvalue weighted by molar-refractivity contribution is 6.39. The SMILES string of the molecule is COc1cc(/C=C2/C(=O)NC(=O)N(c3cccc(C(F)(F)F)c3)C2=O)cc([N+](=O)[O-])c1O. The number of hydrogen-bond acceptors (Lipinski definition) is 7. The Morgan fingerprint density at radius 3 is 2.47 bits per heavy atom. The van der Waals surface area contributed by atoms with Crippen LogP contribution in [0, 0.1) is 10.1 Å². The van der Waals surface area contributed by atoms with E-state index in [1.165, 1.54) is 0 Å². The van der Waals surface area contributed by atoms with Crippen molar-refractivity contribution in [3.8, 4) is 11.5 Å². The molecule has 0 spiro atoms. The molecule has 0 unspecified atom stereocenters. The van der Waals surface area contributed by atoms with Gasteiger partial charge in [0.15, 0.2) is 5.75 Å². The second kappa shape index (κ2) is 8.02. The van der Waals surface area contributed by atoms with Crippen LogP contribution in [0.4, 0.5) is 29.3 Å². The van der Waals surface area contributed by atoms with Crippen LogP contribution < -0.4 is 15.0 Å². The number of anilines is 1. The number of alkyl halides is 3. The predicted molar refractivity (Wildman–Crippen MR) is 102 cm³/mol. The summed E-state index contributed by atoms with van der Waals surface area (Å²) >= 11 is 0. The van der Waals surface area contributed by atoms with Gasteiger partial charge in [0.1, 0.15) is 5.57 Å². The molecule has 1 aliphatic rings. The molecule has 1 aliphatic heterocycles. The zero-order chi connectivity index (χ0) is 23.8. The second-order valence-corrected chi connectivity index (χ2v) is 6.35. The van der Waals surface area contributed by atoms with Crippen molar-refractivity contribution in [2.24, 2.45) is 0 Å². The van der Waals surface area contributed by atoms with Crippen molar-refractivity contribution in [2.45, 2.75) is 6.18 Å². The van der Waals surface area contributed by atoms with Crippen molar-refractivity contribution in [1.82, 2.24) is 5.32 Å². The van der Waals surface area contributed by atoms with Gasteiger partial charge in [-0.3, -0.25) is 25.0 Å². The number of ether oxygens (including phenoxy) is 1. The second-order valence-electron chi connectivity index (χ2n) is 6.35. The van der Waals surface area contributed by atoms with Crippen LogP contribution in [-0.2, 0) is 15.8 Å². The summed E-state index contributed by atoms with van der Waals surface area (Å²) < 4.78 is 43.8. The van der Waals surface area contributed by atoms with Crippen LogP contribution in [0.3, 0.4) is 0 Å². The molecule has 0 aliphatic carbocycles. The number of nitrogens with zero attached hydrogens (tertiary/aromatic N) is 2. The molecule has 166 valence electrons. The van der Waals surface area contributed by atoms with E-state index in [-0.39, 0.29) is 11.3 Å². The van der Waals surface area contributed by atoms with E-state index < -0.39 is 57.2 Å². The molecule has 0 atom stereocenters. The first-order valence-corrected chi connectivity index (χ1v) is 8.58. The van der Waals surface area contributed by atoms with Gasteiger partial charge in [-0.25, -0.2) is 9.69 Å². The molecule has 13 heteroatoms. The zero-order valence-corrected chi connectivity index (χ0v) is 16.0. The topological polar surface area (TPSA) is 139 Å². The van der Waals surface area contributed by atoms with Gasteiger partial charge in [0.25, 0.3) is 11.8 Å². The molecule has 2 N–H and O–H groups in total. The zero-order valence-electron chi connectivity index (χ0n) is 16.0. The van der Waals surface area contributed by atoms with Gasteiger partial charge in [-0.2, -0.15) is 13.2 Å². The number of hydrogen-bond donors (Lipinski definition) is 2. The Labute approximate surface area is 176 Å². The minimum absolute atomic E-state index is 0.122. The van der Waals surface area contributed by atoms with E-state index in [4.69, 9.17) is 4.74 Å². The summed E-state index contributed by atoms with van der Waals surface area (Å²) in [5.41, 5.74) is -3.18. The lowest BCUT2D eigenvalue weighted by Crippen LogP contribution is -2.54. The number of carbonyl (C=O) groups excluding carboxylic acids is 3. The minimum atomic E-state index is -4.75.